The number of fused-ring (bicyclic) bond motifs is 1. The Morgan fingerprint density at radius 2 is 1.77 bits per heavy atom. The first kappa shape index (κ1) is 17.2. The zero-order valence-corrected chi connectivity index (χ0v) is 13.7. The highest BCUT2D eigenvalue weighted by atomic mass is 35.5. The van der Waals surface area contributed by atoms with Crippen LogP contribution in [0.3, 0.4) is 0 Å². The number of nitrogens with zero attached hydrogens (tertiary/aromatic N) is 2. The summed E-state index contributed by atoms with van der Waals surface area (Å²) in [5, 5.41) is 3.23. The molecule has 2 heterocycles. The molecule has 6 nitrogen and oxygen atoms in total. The summed E-state index contributed by atoms with van der Waals surface area (Å²) < 4.78 is 0. The average Bonchev–Trinajstić information content (AvgIpc) is 2.73. The van der Waals surface area contributed by atoms with Crippen molar-refractivity contribution < 1.29 is 14.4 Å². The van der Waals surface area contributed by atoms with Crippen molar-refractivity contribution in [2.75, 3.05) is 26.2 Å². The van der Waals surface area contributed by atoms with Crippen LogP contribution in [-0.4, -0.2) is 59.7 Å². The molecule has 0 spiro atoms. The second-order valence-electron chi connectivity index (χ2n) is 6.40. The van der Waals surface area contributed by atoms with Gasteiger partial charge in [0.1, 0.15) is 6.54 Å². The van der Waals surface area contributed by atoms with Gasteiger partial charge in [-0.3, -0.25) is 19.3 Å². The molecular weight excluding hydrogens is 306 g/mol. The Morgan fingerprint density at radius 3 is 2.32 bits per heavy atom. The smallest absolute Gasteiger partial charge is 0.243 e. The minimum Gasteiger partial charge on any atom is -0.336 e. The van der Waals surface area contributed by atoms with Gasteiger partial charge in [-0.05, 0) is 19.8 Å². The van der Waals surface area contributed by atoms with E-state index in [1.165, 1.54) is 4.90 Å². The van der Waals surface area contributed by atoms with E-state index < -0.39 is 0 Å². The van der Waals surface area contributed by atoms with Gasteiger partial charge in [0.2, 0.25) is 17.7 Å². The molecule has 3 unspecified atom stereocenters. The number of piperazine rings is 1. The highest BCUT2D eigenvalue weighted by molar-refractivity contribution is 6.07. The molecule has 3 amide bonds. The molecule has 1 aliphatic carbocycles. The molecule has 3 aliphatic rings. The highest BCUT2D eigenvalue weighted by Gasteiger charge is 2.48. The van der Waals surface area contributed by atoms with E-state index in [1.54, 1.807) is 4.90 Å². The Bertz CT molecular complexity index is 447. The standard InChI is InChI=1S/C15H23N3O3.ClH/c1-10-8-16-6-7-17(10)13(19)9-18-14(20)11-4-2-3-5-12(11)15(18)21;/h10-12,16H,2-9H2,1H3;1H. The number of hydrogen-bond donors (Lipinski definition) is 1. The van der Waals surface area contributed by atoms with Crippen LogP contribution in [-0.2, 0) is 14.4 Å². The molecule has 1 saturated carbocycles. The fraction of sp³-hybridized carbons (Fsp3) is 0.800. The van der Waals surface area contributed by atoms with Gasteiger partial charge in [0, 0.05) is 25.7 Å². The van der Waals surface area contributed by atoms with Crippen LogP contribution in [0.2, 0.25) is 0 Å². The monoisotopic (exact) mass is 329 g/mol. The number of likely N-dealkylation sites (tertiary alicyclic amines) is 1. The van der Waals surface area contributed by atoms with E-state index in [1.807, 2.05) is 6.92 Å². The fourth-order valence-electron chi connectivity index (χ4n) is 3.82. The third-order valence-corrected chi connectivity index (χ3v) is 5.05. The number of imide groups is 1. The third-order valence-electron chi connectivity index (χ3n) is 5.05. The highest BCUT2D eigenvalue weighted by Crippen LogP contribution is 2.37. The Kier molecular flexibility index (Phi) is 5.45. The van der Waals surface area contributed by atoms with Crippen LogP contribution in [0, 0.1) is 11.8 Å². The SMILES string of the molecule is CC1CNCCN1C(=O)CN1C(=O)C2CCCCC2C1=O.Cl. The number of carbonyl (C=O) groups is 3. The van der Waals surface area contributed by atoms with E-state index in [2.05, 4.69) is 5.32 Å². The molecule has 3 fully saturated rings. The zero-order valence-electron chi connectivity index (χ0n) is 12.9. The Labute approximate surface area is 137 Å². The molecule has 22 heavy (non-hydrogen) atoms. The molecule has 2 saturated heterocycles. The van der Waals surface area contributed by atoms with Crippen molar-refractivity contribution in [3.8, 4) is 0 Å². The van der Waals surface area contributed by atoms with E-state index in [-0.39, 0.29) is 54.6 Å². The Balaban J connectivity index is 0.00000176. The van der Waals surface area contributed by atoms with E-state index in [9.17, 15) is 14.4 Å². The van der Waals surface area contributed by atoms with Crippen LogP contribution >= 0.6 is 12.4 Å². The van der Waals surface area contributed by atoms with Crippen molar-refractivity contribution in [1.82, 2.24) is 15.1 Å². The van der Waals surface area contributed by atoms with Crippen LogP contribution in [0.15, 0.2) is 0 Å². The summed E-state index contributed by atoms with van der Waals surface area (Å²) >= 11 is 0. The van der Waals surface area contributed by atoms with E-state index in [0.29, 0.717) is 6.54 Å². The van der Waals surface area contributed by atoms with Crippen molar-refractivity contribution in [3.63, 3.8) is 0 Å². The van der Waals surface area contributed by atoms with Gasteiger partial charge >= 0.3 is 0 Å². The number of hydrogen-bond acceptors (Lipinski definition) is 4. The van der Waals surface area contributed by atoms with Crippen LogP contribution in [0.4, 0.5) is 0 Å². The predicted octanol–water partition coefficient (Wildman–Crippen LogP) is 0.404. The van der Waals surface area contributed by atoms with Crippen LogP contribution in [0.25, 0.3) is 0 Å². The predicted molar refractivity (Wildman–Crippen MR) is 83.5 cm³/mol. The number of nitrogens with one attached hydrogen (secondary N) is 1. The molecule has 7 heteroatoms. The summed E-state index contributed by atoms with van der Waals surface area (Å²) in [5.41, 5.74) is 0. The molecule has 0 aromatic carbocycles. The molecule has 0 radical (unpaired) electrons. The second-order valence-corrected chi connectivity index (χ2v) is 6.40. The van der Waals surface area contributed by atoms with Gasteiger partial charge in [0.15, 0.2) is 0 Å². The third kappa shape index (κ3) is 2.99. The lowest BCUT2D eigenvalue weighted by Crippen LogP contribution is -2.55. The molecular formula is C15H24ClN3O3. The molecule has 0 aromatic heterocycles. The molecule has 0 aromatic rings. The van der Waals surface area contributed by atoms with Gasteiger partial charge in [-0.25, -0.2) is 0 Å². The van der Waals surface area contributed by atoms with Crippen molar-refractivity contribution in [3.05, 3.63) is 0 Å². The van der Waals surface area contributed by atoms with Crippen molar-refractivity contribution in [1.29, 1.82) is 0 Å². The van der Waals surface area contributed by atoms with Gasteiger partial charge in [0.25, 0.3) is 0 Å². The molecule has 2 aliphatic heterocycles. The quantitative estimate of drug-likeness (QED) is 0.745. The van der Waals surface area contributed by atoms with E-state index in [4.69, 9.17) is 0 Å². The summed E-state index contributed by atoms with van der Waals surface area (Å²) in [6, 6.07) is 0.112. The van der Waals surface area contributed by atoms with Crippen LogP contribution in [0.5, 0.6) is 0 Å². The summed E-state index contributed by atoms with van der Waals surface area (Å²) in [6.07, 6.45) is 3.61. The molecule has 3 rings (SSSR count). The van der Waals surface area contributed by atoms with Crippen LogP contribution in [0.1, 0.15) is 32.6 Å². The zero-order chi connectivity index (χ0) is 15.0. The minimum absolute atomic E-state index is 0. The maximum atomic E-state index is 12.4. The first-order valence-corrected chi connectivity index (χ1v) is 7.95. The number of rotatable bonds is 2. The van der Waals surface area contributed by atoms with Crippen LogP contribution < -0.4 is 5.32 Å². The first-order chi connectivity index (χ1) is 10.1. The normalized spacial score (nSPS) is 31.8. The number of halogens is 1. The largest absolute Gasteiger partial charge is 0.336 e. The number of carbonyl (C=O) groups excluding carboxylic acids is 3. The Hall–Kier alpha value is -1.14. The Morgan fingerprint density at radius 1 is 1.18 bits per heavy atom. The van der Waals surface area contributed by atoms with E-state index >= 15 is 0 Å². The van der Waals surface area contributed by atoms with Crippen molar-refractivity contribution in [2.24, 2.45) is 11.8 Å². The molecule has 124 valence electrons. The van der Waals surface area contributed by atoms with Gasteiger partial charge in [-0.2, -0.15) is 0 Å². The lowest BCUT2D eigenvalue weighted by molar-refractivity contribution is -0.147. The fourth-order valence-corrected chi connectivity index (χ4v) is 3.82. The topological polar surface area (TPSA) is 69.7 Å². The lowest BCUT2D eigenvalue weighted by atomic mass is 9.81. The summed E-state index contributed by atoms with van der Waals surface area (Å²) in [6.45, 7) is 4.08. The maximum absolute atomic E-state index is 12.4. The van der Waals surface area contributed by atoms with Gasteiger partial charge < -0.3 is 10.2 Å². The van der Waals surface area contributed by atoms with Crippen molar-refractivity contribution in [2.45, 2.75) is 38.6 Å². The molecule has 0 bridgehead atoms. The summed E-state index contributed by atoms with van der Waals surface area (Å²) in [5.74, 6) is -0.690. The van der Waals surface area contributed by atoms with Gasteiger partial charge in [-0.15, -0.1) is 12.4 Å². The van der Waals surface area contributed by atoms with E-state index in [0.717, 1.165) is 38.8 Å². The van der Waals surface area contributed by atoms with Crippen molar-refractivity contribution >= 4 is 30.1 Å². The first-order valence-electron chi connectivity index (χ1n) is 7.95. The molecule has 1 N–H and O–H groups in total. The lowest BCUT2D eigenvalue weighted by Gasteiger charge is -2.34. The summed E-state index contributed by atoms with van der Waals surface area (Å²) in [4.78, 5) is 40.2. The summed E-state index contributed by atoms with van der Waals surface area (Å²) in [7, 11) is 0. The average molecular weight is 330 g/mol. The van der Waals surface area contributed by atoms with Gasteiger partial charge in [0.05, 0.1) is 11.8 Å². The molecule has 3 atom stereocenters. The second kappa shape index (κ2) is 6.96. The number of amides is 3. The van der Waals surface area contributed by atoms with Gasteiger partial charge in [-0.1, -0.05) is 12.8 Å². The maximum Gasteiger partial charge on any atom is 0.243 e. The minimum atomic E-state index is -0.167.